The number of benzene rings is 3. The van der Waals surface area contributed by atoms with E-state index in [4.69, 9.17) is 9.47 Å². The Morgan fingerprint density at radius 2 is 1.06 bits per heavy atom. The van der Waals surface area contributed by atoms with E-state index in [-0.39, 0.29) is 0 Å². The zero-order valence-corrected chi connectivity index (χ0v) is 20.2. The molecule has 0 amide bonds. The number of ether oxygens (including phenoxy) is 2. The van der Waals surface area contributed by atoms with Crippen molar-refractivity contribution in [1.82, 2.24) is 0 Å². The van der Waals surface area contributed by atoms with Crippen LogP contribution < -0.4 is 9.47 Å². The van der Waals surface area contributed by atoms with Crippen LogP contribution in [0, 0.1) is 13.8 Å². The van der Waals surface area contributed by atoms with Gasteiger partial charge in [0.1, 0.15) is 24.7 Å². The topological polar surface area (TPSA) is 18.5 Å². The summed E-state index contributed by atoms with van der Waals surface area (Å²) in [6.07, 6.45) is 15.8. The van der Waals surface area contributed by atoms with E-state index in [1.54, 1.807) is 0 Å². The molecule has 0 unspecified atom stereocenters. The van der Waals surface area contributed by atoms with E-state index in [9.17, 15) is 0 Å². The third-order valence-corrected chi connectivity index (χ3v) is 5.97. The molecule has 0 bridgehead atoms. The molecular formula is C30H38O2. The van der Waals surface area contributed by atoms with Crippen LogP contribution in [0.4, 0.5) is 0 Å². The molecule has 32 heavy (non-hydrogen) atoms. The van der Waals surface area contributed by atoms with Crippen molar-refractivity contribution >= 4 is 21.5 Å². The second-order valence-electron chi connectivity index (χ2n) is 8.54. The third-order valence-electron chi connectivity index (χ3n) is 5.97. The van der Waals surface area contributed by atoms with Crippen LogP contribution in [0.3, 0.4) is 0 Å². The molecule has 2 nitrogen and oxygen atoms in total. The van der Waals surface area contributed by atoms with E-state index < -0.39 is 0 Å². The van der Waals surface area contributed by atoms with E-state index >= 15 is 0 Å². The van der Waals surface area contributed by atoms with Crippen LogP contribution in [0.15, 0.2) is 60.7 Å². The summed E-state index contributed by atoms with van der Waals surface area (Å²) in [5.41, 5.74) is 2.53. The SMILES string of the molecule is CCCC/C=C/COc1c2ccccc2c(OC/C=C/CCCC)c2cc(C)c(C)cc12. The number of unbranched alkanes of at least 4 members (excludes halogenated alkanes) is 4. The van der Waals surface area contributed by atoms with Crippen molar-refractivity contribution < 1.29 is 9.47 Å². The molecule has 2 heteroatoms. The molecule has 3 rings (SSSR count). The Bertz CT molecular complexity index is 989. The molecule has 0 aliphatic heterocycles. The minimum atomic E-state index is 0.579. The van der Waals surface area contributed by atoms with Crippen molar-refractivity contribution in [2.45, 2.75) is 66.2 Å². The molecule has 0 atom stereocenters. The molecule has 0 heterocycles. The Labute approximate surface area is 193 Å². The maximum atomic E-state index is 6.38. The second kappa shape index (κ2) is 12.3. The average Bonchev–Trinajstić information content (AvgIpc) is 2.80. The van der Waals surface area contributed by atoms with Gasteiger partial charge >= 0.3 is 0 Å². The predicted molar refractivity (Wildman–Crippen MR) is 139 cm³/mol. The van der Waals surface area contributed by atoms with Crippen LogP contribution in [0.25, 0.3) is 21.5 Å². The number of aryl methyl sites for hydroxylation is 2. The minimum absolute atomic E-state index is 0.579. The molecule has 0 spiro atoms. The van der Waals surface area contributed by atoms with Gasteiger partial charge in [-0.3, -0.25) is 0 Å². The zero-order chi connectivity index (χ0) is 22.8. The highest BCUT2D eigenvalue weighted by atomic mass is 16.5. The van der Waals surface area contributed by atoms with Crippen molar-refractivity contribution in [3.63, 3.8) is 0 Å². The molecule has 3 aromatic rings. The van der Waals surface area contributed by atoms with Crippen molar-refractivity contribution in [3.05, 3.63) is 71.8 Å². The Kier molecular flexibility index (Phi) is 9.22. The monoisotopic (exact) mass is 430 g/mol. The molecule has 0 aliphatic carbocycles. The Morgan fingerprint density at radius 1 is 0.625 bits per heavy atom. The number of hydrogen-bond acceptors (Lipinski definition) is 2. The van der Waals surface area contributed by atoms with Crippen LogP contribution in [0.2, 0.25) is 0 Å². The lowest BCUT2D eigenvalue weighted by Gasteiger charge is -2.18. The van der Waals surface area contributed by atoms with Gasteiger partial charge in [-0.25, -0.2) is 0 Å². The summed E-state index contributed by atoms with van der Waals surface area (Å²) in [7, 11) is 0. The number of hydrogen-bond donors (Lipinski definition) is 0. The highest BCUT2D eigenvalue weighted by molar-refractivity contribution is 6.11. The van der Waals surface area contributed by atoms with Gasteiger partial charge in [0.15, 0.2) is 0 Å². The van der Waals surface area contributed by atoms with E-state index in [1.165, 1.54) is 36.8 Å². The summed E-state index contributed by atoms with van der Waals surface area (Å²) in [6.45, 7) is 9.92. The average molecular weight is 431 g/mol. The number of allylic oxidation sites excluding steroid dienone is 2. The molecular weight excluding hydrogens is 392 g/mol. The molecule has 0 saturated carbocycles. The van der Waals surface area contributed by atoms with Crippen molar-refractivity contribution in [3.8, 4) is 11.5 Å². The van der Waals surface area contributed by atoms with Crippen LogP contribution in [0.5, 0.6) is 11.5 Å². The zero-order valence-electron chi connectivity index (χ0n) is 20.2. The summed E-state index contributed by atoms with van der Waals surface area (Å²) < 4.78 is 12.8. The molecule has 0 aliphatic rings. The first kappa shape index (κ1) is 23.9. The number of rotatable bonds is 12. The first-order chi connectivity index (χ1) is 15.7. The van der Waals surface area contributed by atoms with Gasteiger partial charge in [0, 0.05) is 21.5 Å². The molecule has 0 fully saturated rings. The maximum Gasteiger partial charge on any atom is 0.135 e. The lowest BCUT2D eigenvalue weighted by molar-refractivity contribution is 0.365. The maximum absolute atomic E-state index is 6.38. The molecule has 0 aromatic heterocycles. The fourth-order valence-electron chi connectivity index (χ4n) is 3.95. The van der Waals surface area contributed by atoms with Crippen molar-refractivity contribution in [2.24, 2.45) is 0 Å². The fourth-order valence-corrected chi connectivity index (χ4v) is 3.95. The van der Waals surface area contributed by atoms with Crippen LogP contribution in [-0.4, -0.2) is 13.2 Å². The summed E-state index contributed by atoms with van der Waals surface area (Å²) >= 11 is 0. The first-order valence-electron chi connectivity index (χ1n) is 12.2. The quantitative estimate of drug-likeness (QED) is 0.162. The molecule has 3 aromatic carbocycles. The van der Waals surface area contributed by atoms with Crippen LogP contribution >= 0.6 is 0 Å². The van der Waals surface area contributed by atoms with E-state index in [1.807, 2.05) is 0 Å². The van der Waals surface area contributed by atoms with Gasteiger partial charge < -0.3 is 9.47 Å². The molecule has 0 N–H and O–H groups in total. The van der Waals surface area contributed by atoms with Gasteiger partial charge in [0.2, 0.25) is 0 Å². The van der Waals surface area contributed by atoms with Crippen molar-refractivity contribution in [2.75, 3.05) is 13.2 Å². The summed E-state index contributed by atoms with van der Waals surface area (Å²) in [4.78, 5) is 0. The van der Waals surface area contributed by atoms with Crippen LogP contribution in [0.1, 0.15) is 63.5 Å². The molecule has 0 radical (unpaired) electrons. The minimum Gasteiger partial charge on any atom is -0.488 e. The molecule has 170 valence electrons. The third kappa shape index (κ3) is 5.94. The summed E-state index contributed by atoms with van der Waals surface area (Å²) in [5, 5.41) is 4.46. The summed E-state index contributed by atoms with van der Waals surface area (Å²) in [5.74, 6) is 1.90. The van der Waals surface area contributed by atoms with Gasteiger partial charge in [0.05, 0.1) is 0 Å². The largest absolute Gasteiger partial charge is 0.488 e. The van der Waals surface area contributed by atoms with Crippen molar-refractivity contribution in [1.29, 1.82) is 0 Å². The summed E-state index contributed by atoms with van der Waals surface area (Å²) in [6, 6.07) is 12.9. The van der Waals surface area contributed by atoms with Gasteiger partial charge in [-0.05, 0) is 49.9 Å². The number of fused-ring (bicyclic) bond motifs is 2. The Hall–Kier alpha value is -2.74. The lowest BCUT2D eigenvalue weighted by Crippen LogP contribution is -2.00. The van der Waals surface area contributed by atoms with Crippen LogP contribution in [-0.2, 0) is 0 Å². The second-order valence-corrected chi connectivity index (χ2v) is 8.54. The normalized spacial score (nSPS) is 11.9. The van der Waals surface area contributed by atoms with Gasteiger partial charge in [-0.2, -0.15) is 0 Å². The van der Waals surface area contributed by atoms with Gasteiger partial charge in [-0.1, -0.05) is 88.1 Å². The lowest BCUT2D eigenvalue weighted by atomic mass is 9.96. The van der Waals surface area contributed by atoms with Gasteiger partial charge in [0.25, 0.3) is 0 Å². The molecule has 0 saturated heterocycles. The van der Waals surface area contributed by atoms with E-state index in [0.29, 0.717) is 13.2 Å². The highest BCUT2D eigenvalue weighted by Gasteiger charge is 2.16. The first-order valence-corrected chi connectivity index (χ1v) is 12.2. The highest BCUT2D eigenvalue weighted by Crippen LogP contribution is 2.43. The predicted octanol–water partition coefficient (Wildman–Crippen LogP) is 8.86. The Morgan fingerprint density at radius 3 is 1.47 bits per heavy atom. The smallest absolute Gasteiger partial charge is 0.135 e. The fraction of sp³-hybridized carbons (Fsp3) is 0.400. The van der Waals surface area contributed by atoms with E-state index in [2.05, 4.69) is 88.4 Å². The Balaban J connectivity index is 2.00. The standard InChI is InChI=1S/C30H38O2/c1-5-7-9-11-15-19-31-29-25-17-13-14-18-26(25)30(32-20-16-12-10-8-6-2)28-22-24(4)23(3)21-27(28)29/h11-18,21-22H,5-10,19-20H2,1-4H3/b15-11+,16-12+. The van der Waals surface area contributed by atoms with E-state index in [0.717, 1.165) is 45.9 Å². The van der Waals surface area contributed by atoms with Gasteiger partial charge in [-0.15, -0.1) is 0 Å².